The van der Waals surface area contributed by atoms with E-state index < -0.39 is 0 Å². The molecule has 0 radical (unpaired) electrons. The van der Waals surface area contributed by atoms with Gasteiger partial charge in [-0.2, -0.15) is 5.10 Å². The highest BCUT2D eigenvalue weighted by atomic mass is 35.5. The first-order chi connectivity index (χ1) is 10.5. The molecule has 0 unspecified atom stereocenters. The molecule has 2 rings (SSSR count). The average Bonchev–Trinajstić information content (AvgIpc) is 2.68. The van der Waals surface area contributed by atoms with Crippen LogP contribution in [-0.2, 0) is 11.3 Å². The first kappa shape index (κ1) is 17.3. The maximum atomic E-state index is 12.3. The topological polar surface area (TPSA) is 50.2 Å². The van der Waals surface area contributed by atoms with Crippen LogP contribution in [0.1, 0.15) is 43.5 Å². The molecule has 1 aliphatic rings. The Hall–Kier alpha value is -1.07. The van der Waals surface area contributed by atoms with E-state index in [9.17, 15) is 4.79 Å². The lowest BCUT2D eigenvalue weighted by Gasteiger charge is -2.24. The normalized spacial score (nSPS) is 19.9. The molecule has 124 valence electrons. The predicted octanol–water partition coefficient (Wildman–Crippen LogP) is 2.53. The summed E-state index contributed by atoms with van der Waals surface area (Å²) in [6.45, 7) is 6.36. The van der Waals surface area contributed by atoms with E-state index in [1.165, 1.54) is 12.8 Å². The van der Waals surface area contributed by atoms with Crippen molar-refractivity contribution in [2.45, 2.75) is 58.5 Å². The smallest absolute Gasteiger partial charge is 0.237 e. The fourth-order valence-electron chi connectivity index (χ4n) is 3.03. The van der Waals surface area contributed by atoms with Gasteiger partial charge < -0.3 is 5.32 Å². The van der Waals surface area contributed by atoms with Crippen molar-refractivity contribution in [2.75, 3.05) is 20.1 Å². The molecule has 6 heteroatoms. The number of hydrogen-bond donors (Lipinski definition) is 1. The Morgan fingerprint density at radius 1 is 1.36 bits per heavy atom. The van der Waals surface area contributed by atoms with Crippen molar-refractivity contribution < 1.29 is 4.79 Å². The van der Waals surface area contributed by atoms with Gasteiger partial charge in [0.25, 0.3) is 0 Å². The Kier molecular flexibility index (Phi) is 6.26. The van der Waals surface area contributed by atoms with E-state index in [-0.39, 0.29) is 11.9 Å². The number of aryl methyl sites for hydroxylation is 2. The summed E-state index contributed by atoms with van der Waals surface area (Å²) < 4.78 is 1.92. The molecule has 1 amide bonds. The van der Waals surface area contributed by atoms with E-state index in [2.05, 4.69) is 15.3 Å². The maximum absolute atomic E-state index is 12.3. The van der Waals surface area contributed by atoms with Crippen LogP contribution >= 0.6 is 11.6 Å². The largest absolute Gasteiger partial charge is 0.355 e. The summed E-state index contributed by atoms with van der Waals surface area (Å²) in [5, 5.41) is 8.21. The van der Waals surface area contributed by atoms with Gasteiger partial charge in [0.05, 0.1) is 22.5 Å². The van der Waals surface area contributed by atoms with Gasteiger partial charge >= 0.3 is 0 Å². The molecule has 2 heterocycles. The molecule has 0 aromatic carbocycles. The molecule has 1 aliphatic heterocycles. The van der Waals surface area contributed by atoms with Crippen LogP contribution in [0.5, 0.6) is 0 Å². The molecule has 1 atom stereocenters. The molecule has 0 spiro atoms. The van der Waals surface area contributed by atoms with Crippen molar-refractivity contribution in [3.63, 3.8) is 0 Å². The number of likely N-dealkylation sites (tertiary alicyclic amines) is 1. The summed E-state index contributed by atoms with van der Waals surface area (Å²) in [4.78, 5) is 14.5. The molecule has 0 aliphatic carbocycles. The molecule has 22 heavy (non-hydrogen) atoms. The minimum Gasteiger partial charge on any atom is -0.355 e. The number of amides is 1. The molecule has 1 saturated heterocycles. The highest BCUT2D eigenvalue weighted by molar-refractivity contribution is 6.31. The molecule has 5 nitrogen and oxygen atoms in total. The second-order valence-corrected chi connectivity index (χ2v) is 6.58. The first-order valence-corrected chi connectivity index (χ1v) is 8.56. The van der Waals surface area contributed by atoms with Gasteiger partial charge in [-0.3, -0.25) is 14.4 Å². The third-order valence-electron chi connectivity index (χ3n) is 4.46. The van der Waals surface area contributed by atoms with Crippen molar-refractivity contribution in [3.8, 4) is 0 Å². The van der Waals surface area contributed by atoms with Crippen LogP contribution in [0.4, 0.5) is 0 Å². The zero-order valence-corrected chi connectivity index (χ0v) is 14.6. The number of hydrogen-bond acceptors (Lipinski definition) is 3. The molecule has 1 aromatic rings. The van der Waals surface area contributed by atoms with Gasteiger partial charge in [-0.05, 0) is 46.7 Å². The van der Waals surface area contributed by atoms with Crippen LogP contribution in [0, 0.1) is 13.8 Å². The van der Waals surface area contributed by atoms with Crippen molar-refractivity contribution in [3.05, 3.63) is 16.4 Å². The molecular formula is C16H27ClN4O. The number of nitrogens with one attached hydrogen (secondary N) is 1. The van der Waals surface area contributed by atoms with Gasteiger partial charge in [0.2, 0.25) is 5.91 Å². The number of nitrogens with zero attached hydrogens (tertiary/aromatic N) is 3. The Morgan fingerprint density at radius 3 is 2.82 bits per heavy atom. The zero-order chi connectivity index (χ0) is 16.1. The monoisotopic (exact) mass is 326 g/mol. The van der Waals surface area contributed by atoms with Crippen LogP contribution in [-0.4, -0.2) is 46.8 Å². The quantitative estimate of drug-likeness (QED) is 0.846. The van der Waals surface area contributed by atoms with E-state index in [1.807, 2.05) is 25.6 Å². The van der Waals surface area contributed by atoms with Crippen LogP contribution in [0.25, 0.3) is 0 Å². The maximum Gasteiger partial charge on any atom is 0.237 e. The Morgan fingerprint density at radius 2 is 2.14 bits per heavy atom. The lowest BCUT2D eigenvalue weighted by atomic mass is 10.1. The standard InChI is InChI=1S/C16H27ClN4O/c1-12-15(17)13(2)21(19-12)11-7-9-18-16(22)14-8-5-4-6-10-20(14)3/h14H,4-11H2,1-3H3,(H,18,22)/t14-/m1/s1. The van der Waals surface area contributed by atoms with Crippen molar-refractivity contribution >= 4 is 17.5 Å². The summed E-state index contributed by atoms with van der Waals surface area (Å²) in [6.07, 6.45) is 5.40. The lowest BCUT2D eigenvalue weighted by Crippen LogP contribution is -2.45. The Balaban J connectivity index is 1.75. The third kappa shape index (κ3) is 4.23. The fraction of sp³-hybridized carbons (Fsp3) is 0.750. The predicted molar refractivity (Wildman–Crippen MR) is 89.2 cm³/mol. The van der Waals surface area contributed by atoms with E-state index >= 15 is 0 Å². The molecule has 1 N–H and O–H groups in total. The Bertz CT molecular complexity index is 514. The van der Waals surface area contributed by atoms with Gasteiger partial charge in [-0.25, -0.2) is 0 Å². The number of rotatable bonds is 5. The summed E-state index contributed by atoms with van der Waals surface area (Å²) in [7, 11) is 2.05. The third-order valence-corrected chi connectivity index (χ3v) is 5.01. The molecule has 1 aromatic heterocycles. The van der Waals surface area contributed by atoms with Crippen LogP contribution in [0.2, 0.25) is 5.02 Å². The van der Waals surface area contributed by atoms with Crippen molar-refractivity contribution in [1.29, 1.82) is 0 Å². The summed E-state index contributed by atoms with van der Waals surface area (Å²) in [5.74, 6) is 0.163. The van der Waals surface area contributed by atoms with Gasteiger partial charge in [-0.15, -0.1) is 0 Å². The van der Waals surface area contributed by atoms with Crippen LogP contribution in [0.3, 0.4) is 0 Å². The van der Waals surface area contributed by atoms with E-state index in [0.29, 0.717) is 6.54 Å². The minimum atomic E-state index is 0.0330. The number of carbonyl (C=O) groups is 1. The fourth-order valence-corrected chi connectivity index (χ4v) is 3.17. The summed E-state index contributed by atoms with van der Waals surface area (Å²) >= 11 is 6.14. The average molecular weight is 327 g/mol. The second-order valence-electron chi connectivity index (χ2n) is 6.20. The number of carbonyl (C=O) groups excluding carboxylic acids is 1. The number of aromatic nitrogens is 2. The van der Waals surface area contributed by atoms with E-state index in [1.54, 1.807) is 0 Å². The van der Waals surface area contributed by atoms with Gasteiger partial charge in [-0.1, -0.05) is 24.4 Å². The lowest BCUT2D eigenvalue weighted by molar-refractivity contribution is -0.126. The van der Waals surface area contributed by atoms with E-state index in [4.69, 9.17) is 11.6 Å². The van der Waals surface area contributed by atoms with Gasteiger partial charge in [0.15, 0.2) is 0 Å². The zero-order valence-electron chi connectivity index (χ0n) is 13.9. The summed E-state index contributed by atoms with van der Waals surface area (Å²) in [5.41, 5.74) is 1.86. The molecular weight excluding hydrogens is 300 g/mol. The molecule has 0 bridgehead atoms. The van der Waals surface area contributed by atoms with Crippen LogP contribution in [0.15, 0.2) is 0 Å². The van der Waals surface area contributed by atoms with E-state index in [0.717, 1.165) is 48.8 Å². The minimum absolute atomic E-state index is 0.0330. The second kappa shape index (κ2) is 7.97. The SMILES string of the molecule is Cc1nn(CCCNC(=O)[C@H]2CCCCCN2C)c(C)c1Cl. The number of halogens is 1. The number of likely N-dealkylation sites (N-methyl/N-ethyl adjacent to an activating group) is 1. The van der Waals surface area contributed by atoms with Gasteiger partial charge in [0.1, 0.15) is 0 Å². The summed E-state index contributed by atoms with van der Waals surface area (Å²) in [6, 6.07) is 0.0330. The van der Waals surface area contributed by atoms with Crippen molar-refractivity contribution in [2.24, 2.45) is 0 Å². The Labute approximate surface area is 138 Å². The first-order valence-electron chi connectivity index (χ1n) is 8.18. The molecule has 1 fully saturated rings. The van der Waals surface area contributed by atoms with Gasteiger partial charge in [0, 0.05) is 13.1 Å². The van der Waals surface area contributed by atoms with Crippen molar-refractivity contribution in [1.82, 2.24) is 20.0 Å². The van der Waals surface area contributed by atoms with Crippen LogP contribution < -0.4 is 5.32 Å². The molecule has 0 saturated carbocycles. The highest BCUT2D eigenvalue weighted by Crippen LogP contribution is 2.19. The highest BCUT2D eigenvalue weighted by Gasteiger charge is 2.24.